The maximum atomic E-state index is 11.5. The molecule has 0 N–H and O–H groups in total. The summed E-state index contributed by atoms with van der Waals surface area (Å²) in [6, 6.07) is 0. The van der Waals surface area contributed by atoms with Crippen LogP contribution < -0.4 is 0 Å². The molecule has 0 aromatic carbocycles. The standard InChI is InChI=1S/C14H18O/c1-9(2)10-3-4-11-5-13(15)6-12-8-14(11,12)7-10/h5,10,12H,1,3-4,6-8H2,2H3/t10-,12+,14+/m1/s1. The molecule has 3 aliphatic carbocycles. The van der Waals surface area contributed by atoms with E-state index in [1.165, 1.54) is 30.4 Å². The van der Waals surface area contributed by atoms with Gasteiger partial charge in [-0.2, -0.15) is 0 Å². The fourth-order valence-corrected chi connectivity index (χ4v) is 3.68. The monoisotopic (exact) mass is 202 g/mol. The molecule has 0 amide bonds. The zero-order chi connectivity index (χ0) is 10.6. The average molecular weight is 202 g/mol. The number of allylic oxidation sites excluding steroid dienone is 3. The second-order valence-electron chi connectivity index (χ2n) is 5.68. The highest BCUT2D eigenvalue weighted by Crippen LogP contribution is 2.68. The van der Waals surface area contributed by atoms with Crippen molar-refractivity contribution >= 4 is 5.78 Å². The van der Waals surface area contributed by atoms with Crippen molar-refractivity contribution in [2.45, 2.75) is 39.0 Å². The molecule has 0 aromatic rings. The van der Waals surface area contributed by atoms with E-state index in [-0.39, 0.29) is 0 Å². The Hall–Kier alpha value is -0.850. The summed E-state index contributed by atoms with van der Waals surface area (Å²) in [4.78, 5) is 11.5. The molecular formula is C14H18O. The first-order valence-electron chi connectivity index (χ1n) is 6.01. The van der Waals surface area contributed by atoms with E-state index in [2.05, 4.69) is 13.5 Å². The van der Waals surface area contributed by atoms with Gasteiger partial charge in [-0.05, 0) is 55.9 Å². The summed E-state index contributed by atoms with van der Waals surface area (Å²) in [6.07, 6.45) is 7.66. The van der Waals surface area contributed by atoms with Gasteiger partial charge in [-0.1, -0.05) is 17.7 Å². The molecule has 3 atom stereocenters. The predicted molar refractivity (Wildman–Crippen MR) is 60.4 cm³/mol. The van der Waals surface area contributed by atoms with Crippen LogP contribution in [0.4, 0.5) is 0 Å². The van der Waals surface area contributed by atoms with Crippen LogP contribution in [0, 0.1) is 17.3 Å². The molecular weight excluding hydrogens is 184 g/mol. The minimum absolute atomic E-state index is 0.372. The third-order valence-corrected chi connectivity index (χ3v) is 4.72. The molecule has 1 nitrogen and oxygen atoms in total. The van der Waals surface area contributed by atoms with Crippen LogP contribution in [-0.2, 0) is 4.79 Å². The van der Waals surface area contributed by atoms with Crippen molar-refractivity contribution in [1.82, 2.24) is 0 Å². The third kappa shape index (κ3) is 1.25. The SMILES string of the molecule is C=C(C)[C@@H]1CCC2=CC(=O)C[C@H]3C[C@@]23C1. The lowest BCUT2D eigenvalue weighted by Crippen LogP contribution is -2.25. The van der Waals surface area contributed by atoms with Crippen LogP contribution in [0.15, 0.2) is 23.8 Å². The first-order valence-corrected chi connectivity index (χ1v) is 6.01. The normalized spacial score (nSPS) is 42.7. The molecule has 2 saturated carbocycles. The number of carbonyl (C=O) groups excluding carboxylic acids is 1. The van der Waals surface area contributed by atoms with Crippen molar-refractivity contribution in [2.24, 2.45) is 17.3 Å². The van der Waals surface area contributed by atoms with Gasteiger partial charge in [0.2, 0.25) is 0 Å². The van der Waals surface area contributed by atoms with E-state index in [9.17, 15) is 4.79 Å². The molecule has 0 aliphatic heterocycles. The van der Waals surface area contributed by atoms with Crippen LogP contribution >= 0.6 is 0 Å². The summed E-state index contributed by atoms with van der Waals surface area (Å²) in [5.74, 6) is 1.77. The van der Waals surface area contributed by atoms with Crippen LogP contribution in [0.5, 0.6) is 0 Å². The van der Waals surface area contributed by atoms with Crippen LogP contribution in [0.1, 0.15) is 39.0 Å². The summed E-state index contributed by atoms with van der Waals surface area (Å²) in [5, 5.41) is 0. The van der Waals surface area contributed by atoms with Gasteiger partial charge in [0.15, 0.2) is 5.78 Å². The molecule has 0 heterocycles. The summed E-state index contributed by atoms with van der Waals surface area (Å²) in [6.45, 7) is 6.25. The van der Waals surface area contributed by atoms with E-state index in [0.29, 0.717) is 23.0 Å². The van der Waals surface area contributed by atoms with E-state index >= 15 is 0 Å². The number of rotatable bonds is 1. The maximum Gasteiger partial charge on any atom is 0.155 e. The van der Waals surface area contributed by atoms with Gasteiger partial charge < -0.3 is 0 Å². The van der Waals surface area contributed by atoms with E-state index in [0.717, 1.165) is 12.8 Å². The summed E-state index contributed by atoms with van der Waals surface area (Å²) < 4.78 is 0. The molecule has 1 spiro atoms. The maximum absolute atomic E-state index is 11.5. The van der Waals surface area contributed by atoms with Gasteiger partial charge in [-0.3, -0.25) is 4.79 Å². The molecule has 0 saturated heterocycles. The third-order valence-electron chi connectivity index (χ3n) is 4.72. The molecule has 0 aromatic heterocycles. The van der Waals surface area contributed by atoms with Gasteiger partial charge in [0.05, 0.1) is 0 Å². The van der Waals surface area contributed by atoms with Gasteiger partial charge in [-0.25, -0.2) is 0 Å². The average Bonchev–Trinajstić information content (AvgIpc) is 2.85. The number of carbonyl (C=O) groups is 1. The largest absolute Gasteiger partial charge is 0.295 e. The van der Waals surface area contributed by atoms with Crippen LogP contribution in [0.25, 0.3) is 0 Å². The Kier molecular flexibility index (Phi) is 1.78. The van der Waals surface area contributed by atoms with Crippen LogP contribution in [0.3, 0.4) is 0 Å². The Morgan fingerprint density at radius 2 is 2.33 bits per heavy atom. The van der Waals surface area contributed by atoms with Crippen LogP contribution in [-0.4, -0.2) is 5.78 Å². The van der Waals surface area contributed by atoms with E-state index in [4.69, 9.17) is 0 Å². The summed E-state index contributed by atoms with van der Waals surface area (Å²) in [7, 11) is 0. The van der Waals surface area contributed by atoms with Gasteiger partial charge in [-0.15, -0.1) is 0 Å². The number of hydrogen-bond acceptors (Lipinski definition) is 1. The topological polar surface area (TPSA) is 17.1 Å². The Morgan fingerprint density at radius 1 is 1.53 bits per heavy atom. The minimum atomic E-state index is 0.372. The van der Waals surface area contributed by atoms with Gasteiger partial charge in [0, 0.05) is 6.42 Å². The highest BCUT2D eigenvalue weighted by atomic mass is 16.1. The lowest BCUT2D eigenvalue weighted by atomic mass is 9.70. The van der Waals surface area contributed by atoms with Crippen molar-refractivity contribution in [3.05, 3.63) is 23.8 Å². The molecule has 3 rings (SSSR count). The van der Waals surface area contributed by atoms with Crippen molar-refractivity contribution in [3.63, 3.8) is 0 Å². The van der Waals surface area contributed by atoms with E-state index in [1.54, 1.807) is 0 Å². The van der Waals surface area contributed by atoms with Gasteiger partial charge in [0.1, 0.15) is 0 Å². The van der Waals surface area contributed by atoms with E-state index in [1.807, 2.05) is 6.08 Å². The molecule has 0 unspecified atom stereocenters. The van der Waals surface area contributed by atoms with Crippen molar-refractivity contribution in [2.75, 3.05) is 0 Å². The van der Waals surface area contributed by atoms with Crippen molar-refractivity contribution < 1.29 is 4.79 Å². The zero-order valence-electron chi connectivity index (χ0n) is 9.38. The molecule has 1 heteroatoms. The fourth-order valence-electron chi connectivity index (χ4n) is 3.68. The minimum Gasteiger partial charge on any atom is -0.295 e. The molecule has 80 valence electrons. The molecule has 2 fully saturated rings. The smallest absolute Gasteiger partial charge is 0.155 e. The second kappa shape index (κ2) is 2.84. The lowest BCUT2D eigenvalue weighted by Gasteiger charge is -2.35. The molecule has 0 radical (unpaired) electrons. The Morgan fingerprint density at radius 3 is 3.07 bits per heavy atom. The van der Waals surface area contributed by atoms with Gasteiger partial charge in [0.25, 0.3) is 0 Å². The summed E-state index contributed by atoms with van der Waals surface area (Å²) in [5.41, 5.74) is 3.27. The highest BCUT2D eigenvalue weighted by molar-refractivity contribution is 5.92. The number of ketones is 1. The van der Waals surface area contributed by atoms with Crippen LogP contribution in [0.2, 0.25) is 0 Å². The Labute approximate surface area is 91.2 Å². The number of hydrogen-bond donors (Lipinski definition) is 0. The fraction of sp³-hybridized carbons (Fsp3) is 0.643. The van der Waals surface area contributed by atoms with Crippen molar-refractivity contribution in [3.8, 4) is 0 Å². The highest BCUT2D eigenvalue weighted by Gasteiger charge is 2.60. The quantitative estimate of drug-likeness (QED) is 0.596. The summed E-state index contributed by atoms with van der Waals surface area (Å²) >= 11 is 0. The Balaban J connectivity index is 1.89. The first kappa shape index (κ1) is 9.38. The zero-order valence-corrected chi connectivity index (χ0v) is 9.38. The second-order valence-corrected chi connectivity index (χ2v) is 5.68. The molecule has 0 bridgehead atoms. The molecule has 3 aliphatic rings. The predicted octanol–water partition coefficient (Wildman–Crippen LogP) is 3.27. The Bertz CT molecular complexity index is 377. The molecule has 15 heavy (non-hydrogen) atoms. The van der Waals surface area contributed by atoms with Gasteiger partial charge >= 0.3 is 0 Å². The lowest BCUT2D eigenvalue weighted by molar-refractivity contribution is -0.115. The van der Waals surface area contributed by atoms with E-state index < -0.39 is 0 Å². The van der Waals surface area contributed by atoms with Crippen molar-refractivity contribution in [1.29, 1.82) is 0 Å². The first-order chi connectivity index (χ1) is 7.12.